The molecule has 1 atom stereocenters. The van der Waals surface area contributed by atoms with E-state index in [0.29, 0.717) is 72.5 Å². The molecular formula is C35H28F2N4O5. The number of aromatic carboxylic acids is 1. The molecule has 4 bridgehead atoms. The Morgan fingerprint density at radius 1 is 1.02 bits per heavy atom. The van der Waals surface area contributed by atoms with Gasteiger partial charge in [-0.15, -0.1) is 0 Å². The van der Waals surface area contributed by atoms with Crippen molar-refractivity contribution in [2.75, 3.05) is 13.2 Å². The zero-order chi connectivity index (χ0) is 31.8. The van der Waals surface area contributed by atoms with Gasteiger partial charge in [0.25, 0.3) is 0 Å². The third-order valence-electron chi connectivity index (χ3n) is 8.35. The van der Waals surface area contributed by atoms with Crippen LogP contribution in [0.5, 0.6) is 11.6 Å². The highest BCUT2D eigenvalue weighted by Gasteiger charge is 2.25. The molecule has 0 unspecified atom stereocenters. The SMILES string of the molecule is [C-]#[N+]c1ccc2c(c1)CCCOc1cc(c(F)cc1Cc1nc3c(F)cc(C(=O)O)cc3n1C[C@@H]1CCO1)-c1cccc(n1)OC2. The summed E-state index contributed by atoms with van der Waals surface area (Å²) in [4.78, 5) is 24.4. The van der Waals surface area contributed by atoms with E-state index in [-0.39, 0.29) is 35.8 Å². The molecule has 2 aromatic heterocycles. The lowest BCUT2D eigenvalue weighted by Gasteiger charge is -2.27. The summed E-state index contributed by atoms with van der Waals surface area (Å²) in [5.41, 5.74) is 3.69. The first-order valence-electron chi connectivity index (χ1n) is 14.9. The lowest BCUT2D eigenvalue weighted by Crippen LogP contribution is -2.31. The third kappa shape index (κ3) is 5.75. The molecule has 1 N–H and O–H groups in total. The maximum atomic E-state index is 15.9. The fourth-order valence-electron chi connectivity index (χ4n) is 5.85. The maximum Gasteiger partial charge on any atom is 0.335 e. The van der Waals surface area contributed by atoms with Crippen LogP contribution < -0.4 is 9.47 Å². The van der Waals surface area contributed by atoms with E-state index in [1.807, 2.05) is 12.1 Å². The van der Waals surface area contributed by atoms with Gasteiger partial charge in [0, 0.05) is 30.2 Å². The minimum absolute atomic E-state index is 0.0341. The van der Waals surface area contributed by atoms with E-state index in [2.05, 4.69) is 14.8 Å². The second-order valence-electron chi connectivity index (χ2n) is 11.3. The Hall–Kier alpha value is -5.34. The van der Waals surface area contributed by atoms with Crippen LogP contribution in [0.25, 0.3) is 27.1 Å². The fraction of sp³-hybridized carbons (Fsp3) is 0.257. The number of carboxylic acids is 1. The van der Waals surface area contributed by atoms with Gasteiger partial charge in [0.1, 0.15) is 29.5 Å². The molecule has 1 saturated heterocycles. The van der Waals surface area contributed by atoms with Crippen molar-refractivity contribution in [3.05, 3.63) is 112 Å². The summed E-state index contributed by atoms with van der Waals surface area (Å²) in [6, 6.07) is 16.0. The average Bonchev–Trinajstić information content (AvgIpc) is 3.37. The van der Waals surface area contributed by atoms with Crippen molar-refractivity contribution in [2.45, 2.75) is 44.9 Å². The topological polar surface area (TPSA) is 100 Å². The summed E-state index contributed by atoms with van der Waals surface area (Å²) >= 11 is 0. The van der Waals surface area contributed by atoms with Gasteiger partial charge in [-0.25, -0.2) is 28.4 Å². The molecule has 0 spiro atoms. The first kappa shape index (κ1) is 29.4. The summed E-state index contributed by atoms with van der Waals surface area (Å²) in [5.74, 6) is -1.36. The Morgan fingerprint density at radius 2 is 1.89 bits per heavy atom. The molecule has 9 nitrogen and oxygen atoms in total. The molecule has 0 aliphatic carbocycles. The van der Waals surface area contributed by atoms with E-state index < -0.39 is 17.6 Å². The van der Waals surface area contributed by atoms with Crippen molar-refractivity contribution in [2.24, 2.45) is 0 Å². The normalized spacial score (nSPS) is 15.9. The molecule has 3 aromatic carbocycles. The van der Waals surface area contributed by atoms with Crippen molar-refractivity contribution in [3.8, 4) is 22.9 Å². The summed E-state index contributed by atoms with van der Waals surface area (Å²) in [6.45, 7) is 8.92. The molecule has 2 aliphatic heterocycles. The van der Waals surface area contributed by atoms with Crippen LogP contribution in [0.1, 0.15) is 45.7 Å². The van der Waals surface area contributed by atoms with E-state index >= 15 is 8.78 Å². The number of hydrogen-bond donors (Lipinski definition) is 1. The van der Waals surface area contributed by atoms with Gasteiger partial charge in [-0.05, 0) is 55.2 Å². The van der Waals surface area contributed by atoms with Gasteiger partial charge in [-0.1, -0.05) is 29.8 Å². The van der Waals surface area contributed by atoms with Crippen molar-refractivity contribution in [3.63, 3.8) is 0 Å². The Morgan fingerprint density at radius 3 is 2.67 bits per heavy atom. The van der Waals surface area contributed by atoms with Gasteiger partial charge in [0.2, 0.25) is 5.88 Å². The van der Waals surface area contributed by atoms with E-state index in [0.717, 1.165) is 23.6 Å². The third-order valence-corrected chi connectivity index (χ3v) is 8.35. The number of aryl methyl sites for hydroxylation is 1. The van der Waals surface area contributed by atoms with Crippen LogP contribution in [0.4, 0.5) is 14.5 Å². The minimum atomic E-state index is -1.25. The molecule has 0 saturated carbocycles. The first-order chi connectivity index (χ1) is 22.4. The van der Waals surface area contributed by atoms with E-state index in [1.54, 1.807) is 34.9 Å². The molecule has 4 heterocycles. The molecule has 2 aliphatic rings. The predicted octanol–water partition coefficient (Wildman–Crippen LogP) is 6.91. The van der Waals surface area contributed by atoms with Crippen molar-refractivity contribution >= 4 is 22.7 Å². The molecule has 46 heavy (non-hydrogen) atoms. The second kappa shape index (κ2) is 12.2. The van der Waals surface area contributed by atoms with Crippen LogP contribution in [-0.2, 0) is 30.7 Å². The van der Waals surface area contributed by atoms with Crippen molar-refractivity contribution in [1.29, 1.82) is 0 Å². The lowest BCUT2D eigenvalue weighted by atomic mass is 10.0. The van der Waals surface area contributed by atoms with Gasteiger partial charge in [0.15, 0.2) is 11.5 Å². The summed E-state index contributed by atoms with van der Waals surface area (Å²) in [6.07, 6.45) is 2.00. The number of ether oxygens (including phenoxy) is 3. The van der Waals surface area contributed by atoms with Crippen LogP contribution in [0.2, 0.25) is 0 Å². The number of hydrogen-bond acceptors (Lipinski definition) is 6. The van der Waals surface area contributed by atoms with Gasteiger partial charge >= 0.3 is 5.97 Å². The highest BCUT2D eigenvalue weighted by molar-refractivity contribution is 5.92. The second-order valence-corrected chi connectivity index (χ2v) is 11.3. The molecule has 11 heteroatoms. The van der Waals surface area contributed by atoms with Crippen LogP contribution in [0.3, 0.4) is 0 Å². The largest absolute Gasteiger partial charge is 0.493 e. The van der Waals surface area contributed by atoms with E-state index in [9.17, 15) is 9.90 Å². The number of nitrogens with zero attached hydrogens (tertiary/aromatic N) is 4. The monoisotopic (exact) mass is 622 g/mol. The van der Waals surface area contributed by atoms with Crippen molar-refractivity contribution < 1.29 is 32.9 Å². The number of rotatable bonds is 5. The van der Waals surface area contributed by atoms with Crippen LogP contribution in [-0.4, -0.2) is 44.9 Å². The minimum Gasteiger partial charge on any atom is -0.493 e. The van der Waals surface area contributed by atoms with E-state index in [4.69, 9.17) is 20.8 Å². The Labute approximate surface area is 262 Å². The van der Waals surface area contributed by atoms with Crippen molar-refractivity contribution in [1.82, 2.24) is 14.5 Å². The molecule has 232 valence electrons. The smallest absolute Gasteiger partial charge is 0.335 e. The van der Waals surface area contributed by atoms with Gasteiger partial charge in [-0.3, -0.25) is 0 Å². The number of imidazole rings is 1. The number of aromatic nitrogens is 3. The van der Waals surface area contributed by atoms with Gasteiger partial charge in [-0.2, -0.15) is 0 Å². The molecule has 0 radical (unpaired) electrons. The number of benzene rings is 3. The first-order valence-corrected chi connectivity index (χ1v) is 14.9. The zero-order valence-electron chi connectivity index (χ0n) is 24.6. The Balaban J connectivity index is 1.29. The Bertz CT molecular complexity index is 2030. The molecule has 7 rings (SSSR count). The van der Waals surface area contributed by atoms with E-state index in [1.165, 1.54) is 12.1 Å². The fourth-order valence-corrected chi connectivity index (χ4v) is 5.85. The standard InChI is InChI=1S/C35H28F2N4O5/c1-38-24-8-7-21-19-46-33-6-2-5-29(39-33)26-17-31(45-10-3-4-20(21)12-24)22(13-27(26)36)16-32-40-34-28(37)14-23(35(42)43)15-30(34)41(32)18-25-9-11-44-25/h2,5-8,12-15,17,25H,3-4,9-11,16,18-19H2,(H,42,43)/t25-/m0/s1. The van der Waals surface area contributed by atoms with Crippen LogP contribution in [0, 0.1) is 18.2 Å². The lowest BCUT2D eigenvalue weighted by molar-refractivity contribution is -0.0589. The molecule has 0 amide bonds. The van der Waals surface area contributed by atoms with Gasteiger partial charge < -0.3 is 23.9 Å². The zero-order valence-corrected chi connectivity index (χ0v) is 24.6. The summed E-state index contributed by atoms with van der Waals surface area (Å²) in [7, 11) is 0. The number of halogens is 2. The number of fused-ring (bicyclic) bond motifs is 7. The maximum absolute atomic E-state index is 15.9. The summed E-state index contributed by atoms with van der Waals surface area (Å²) in [5, 5.41) is 9.56. The quantitative estimate of drug-likeness (QED) is 0.213. The average molecular weight is 623 g/mol. The summed E-state index contributed by atoms with van der Waals surface area (Å²) < 4.78 is 50.7. The Kier molecular flexibility index (Phi) is 7.80. The number of pyridine rings is 1. The number of carboxylic acid groups (broad SMARTS) is 1. The highest BCUT2D eigenvalue weighted by Crippen LogP contribution is 2.34. The van der Waals surface area contributed by atoms with Gasteiger partial charge in [0.05, 0.1) is 42.6 Å². The van der Waals surface area contributed by atoms with Crippen LogP contribution >= 0.6 is 0 Å². The predicted molar refractivity (Wildman–Crippen MR) is 164 cm³/mol. The molecular weight excluding hydrogens is 594 g/mol. The molecule has 1 fully saturated rings. The van der Waals surface area contributed by atoms with Crippen LogP contribution in [0.15, 0.2) is 60.7 Å². The molecule has 5 aromatic rings. The highest BCUT2D eigenvalue weighted by atomic mass is 19.1. The number of carbonyl (C=O) groups is 1.